The number of nitrogens with zero attached hydrogens (tertiary/aromatic N) is 4. The summed E-state index contributed by atoms with van der Waals surface area (Å²) < 4.78 is 11.7. The highest BCUT2D eigenvalue weighted by molar-refractivity contribution is 5.67. The number of rotatable bonds is 5. The van der Waals surface area contributed by atoms with Gasteiger partial charge in [-0.1, -0.05) is 19.0 Å². The number of pyridine rings is 1. The van der Waals surface area contributed by atoms with Crippen molar-refractivity contribution in [2.75, 3.05) is 0 Å². The Labute approximate surface area is 120 Å². The fourth-order valence-electron chi connectivity index (χ4n) is 2.05. The minimum absolute atomic E-state index is 0.164. The van der Waals surface area contributed by atoms with Crippen molar-refractivity contribution < 1.29 is 8.94 Å². The summed E-state index contributed by atoms with van der Waals surface area (Å²) in [6, 6.07) is 3.41. The quantitative estimate of drug-likeness (QED) is 0.713. The number of oxazole rings is 1. The highest BCUT2D eigenvalue weighted by Gasteiger charge is 2.14. The van der Waals surface area contributed by atoms with Gasteiger partial charge < -0.3 is 8.94 Å². The SMILES string of the molecule is CC(C)CCc1noc(Cn2c(=O)oc3cccnc32)n1. The van der Waals surface area contributed by atoms with Crippen LogP contribution in [0.25, 0.3) is 11.2 Å². The first-order chi connectivity index (χ1) is 10.1. The lowest BCUT2D eigenvalue weighted by Crippen LogP contribution is -2.15. The van der Waals surface area contributed by atoms with Crippen molar-refractivity contribution in [1.29, 1.82) is 0 Å². The smallest absolute Gasteiger partial charge is 0.406 e. The lowest BCUT2D eigenvalue weighted by molar-refractivity contribution is 0.360. The van der Waals surface area contributed by atoms with Crippen LogP contribution in [0, 0.1) is 5.92 Å². The number of aryl methyl sites for hydroxylation is 1. The summed E-state index contributed by atoms with van der Waals surface area (Å²) in [7, 11) is 0. The molecule has 0 bridgehead atoms. The molecule has 0 aliphatic carbocycles. The third kappa shape index (κ3) is 2.86. The van der Waals surface area contributed by atoms with Crippen molar-refractivity contribution in [3.63, 3.8) is 0 Å². The van der Waals surface area contributed by atoms with Crippen LogP contribution in [0.1, 0.15) is 32.0 Å². The first-order valence-electron chi connectivity index (χ1n) is 6.89. The van der Waals surface area contributed by atoms with Crippen molar-refractivity contribution in [2.45, 2.75) is 33.2 Å². The van der Waals surface area contributed by atoms with E-state index in [1.165, 1.54) is 4.57 Å². The average Bonchev–Trinajstić information content (AvgIpc) is 3.02. The van der Waals surface area contributed by atoms with Crippen molar-refractivity contribution in [3.8, 4) is 0 Å². The molecule has 0 unspecified atom stereocenters. The molecule has 3 aromatic rings. The van der Waals surface area contributed by atoms with E-state index in [0.717, 1.165) is 12.8 Å². The van der Waals surface area contributed by atoms with E-state index in [9.17, 15) is 4.79 Å². The van der Waals surface area contributed by atoms with E-state index >= 15 is 0 Å². The molecule has 0 saturated heterocycles. The van der Waals surface area contributed by atoms with Gasteiger partial charge in [0.05, 0.1) is 0 Å². The van der Waals surface area contributed by atoms with Gasteiger partial charge in [-0.3, -0.25) is 0 Å². The molecule has 0 radical (unpaired) electrons. The van der Waals surface area contributed by atoms with Gasteiger partial charge in [0.15, 0.2) is 17.1 Å². The molecule has 0 aromatic carbocycles. The number of aromatic nitrogens is 4. The molecule has 0 atom stereocenters. The Morgan fingerprint density at radius 3 is 3.05 bits per heavy atom. The average molecular weight is 288 g/mol. The summed E-state index contributed by atoms with van der Waals surface area (Å²) in [5.74, 6) is 1.14. The monoisotopic (exact) mass is 288 g/mol. The topological polar surface area (TPSA) is 87.0 Å². The third-order valence-electron chi connectivity index (χ3n) is 3.17. The molecule has 7 nitrogen and oxygen atoms in total. The van der Waals surface area contributed by atoms with Crippen LogP contribution in [-0.4, -0.2) is 19.7 Å². The molecule has 0 N–H and O–H groups in total. The second-order valence-corrected chi connectivity index (χ2v) is 5.32. The molecule has 0 fully saturated rings. The lowest BCUT2D eigenvalue weighted by Gasteiger charge is -1.98. The highest BCUT2D eigenvalue weighted by Crippen LogP contribution is 2.11. The molecule has 7 heteroatoms. The molecule has 21 heavy (non-hydrogen) atoms. The Morgan fingerprint density at radius 1 is 1.38 bits per heavy atom. The molecular weight excluding hydrogens is 272 g/mol. The summed E-state index contributed by atoms with van der Waals surface area (Å²) in [6.07, 6.45) is 3.37. The van der Waals surface area contributed by atoms with Gasteiger partial charge in [0.1, 0.15) is 6.54 Å². The summed E-state index contributed by atoms with van der Waals surface area (Å²) in [5.41, 5.74) is 0.923. The predicted molar refractivity (Wildman–Crippen MR) is 74.8 cm³/mol. The van der Waals surface area contributed by atoms with E-state index in [1.54, 1.807) is 18.3 Å². The van der Waals surface area contributed by atoms with Gasteiger partial charge in [-0.2, -0.15) is 4.98 Å². The maximum Gasteiger partial charge on any atom is 0.421 e. The van der Waals surface area contributed by atoms with Gasteiger partial charge in [-0.25, -0.2) is 14.3 Å². The van der Waals surface area contributed by atoms with Crippen molar-refractivity contribution >= 4 is 11.2 Å². The van der Waals surface area contributed by atoms with E-state index in [1.807, 2.05) is 0 Å². The van der Waals surface area contributed by atoms with Crippen LogP contribution in [0.3, 0.4) is 0 Å². The van der Waals surface area contributed by atoms with E-state index in [4.69, 9.17) is 8.94 Å². The zero-order valence-electron chi connectivity index (χ0n) is 11.9. The minimum Gasteiger partial charge on any atom is -0.406 e. The van der Waals surface area contributed by atoms with E-state index < -0.39 is 5.76 Å². The Bertz CT molecular complexity index is 800. The number of hydrogen-bond donors (Lipinski definition) is 0. The largest absolute Gasteiger partial charge is 0.421 e. The summed E-state index contributed by atoms with van der Waals surface area (Å²) >= 11 is 0. The van der Waals surface area contributed by atoms with Crippen LogP contribution in [0.5, 0.6) is 0 Å². The van der Waals surface area contributed by atoms with Crippen LogP contribution in [-0.2, 0) is 13.0 Å². The molecule has 3 heterocycles. The number of hydrogen-bond acceptors (Lipinski definition) is 6. The maximum absolute atomic E-state index is 11.8. The standard InChI is InChI=1S/C14H16N4O3/c1-9(2)5-6-11-16-12(21-17-11)8-18-13-10(20-14(18)19)4-3-7-15-13/h3-4,7,9H,5-6,8H2,1-2H3. The summed E-state index contributed by atoms with van der Waals surface area (Å²) in [6.45, 7) is 4.45. The van der Waals surface area contributed by atoms with Crippen molar-refractivity contribution in [1.82, 2.24) is 19.7 Å². The Hall–Kier alpha value is -2.44. The summed E-state index contributed by atoms with van der Waals surface area (Å²) in [4.78, 5) is 20.3. The zero-order chi connectivity index (χ0) is 14.8. The van der Waals surface area contributed by atoms with Gasteiger partial charge in [0, 0.05) is 12.6 Å². The number of fused-ring (bicyclic) bond motifs is 1. The second kappa shape index (κ2) is 5.51. The molecule has 3 rings (SSSR count). The normalized spacial score (nSPS) is 11.6. The molecule has 0 aliphatic heterocycles. The van der Waals surface area contributed by atoms with Crippen LogP contribution in [0.4, 0.5) is 0 Å². The van der Waals surface area contributed by atoms with E-state index in [2.05, 4.69) is 29.0 Å². The molecular formula is C14H16N4O3. The van der Waals surface area contributed by atoms with Gasteiger partial charge >= 0.3 is 5.76 Å². The molecule has 0 aliphatic rings. The molecule has 3 aromatic heterocycles. The fraction of sp³-hybridized carbons (Fsp3) is 0.429. The zero-order valence-corrected chi connectivity index (χ0v) is 11.9. The van der Waals surface area contributed by atoms with Crippen LogP contribution in [0.15, 0.2) is 32.1 Å². The van der Waals surface area contributed by atoms with Crippen molar-refractivity contribution in [2.24, 2.45) is 5.92 Å². The van der Waals surface area contributed by atoms with Gasteiger partial charge in [-0.05, 0) is 24.5 Å². The minimum atomic E-state index is -0.481. The third-order valence-corrected chi connectivity index (χ3v) is 3.17. The Kier molecular flexibility index (Phi) is 3.55. The van der Waals surface area contributed by atoms with Gasteiger partial charge in [-0.15, -0.1) is 0 Å². The Morgan fingerprint density at radius 2 is 2.24 bits per heavy atom. The van der Waals surface area contributed by atoms with Gasteiger partial charge in [0.2, 0.25) is 5.89 Å². The predicted octanol–water partition coefficient (Wildman–Crippen LogP) is 2.01. The highest BCUT2D eigenvalue weighted by atomic mass is 16.5. The lowest BCUT2D eigenvalue weighted by atomic mass is 10.1. The summed E-state index contributed by atoms with van der Waals surface area (Å²) in [5, 5.41) is 3.93. The molecule has 0 saturated carbocycles. The van der Waals surface area contributed by atoms with Crippen LogP contribution < -0.4 is 5.76 Å². The second-order valence-electron chi connectivity index (χ2n) is 5.32. The van der Waals surface area contributed by atoms with E-state index in [0.29, 0.717) is 28.9 Å². The Balaban J connectivity index is 1.82. The molecule has 0 spiro atoms. The van der Waals surface area contributed by atoms with E-state index in [-0.39, 0.29) is 6.54 Å². The van der Waals surface area contributed by atoms with Gasteiger partial charge in [0.25, 0.3) is 0 Å². The van der Waals surface area contributed by atoms with Crippen LogP contribution >= 0.6 is 0 Å². The first-order valence-corrected chi connectivity index (χ1v) is 6.89. The fourth-order valence-corrected chi connectivity index (χ4v) is 2.05. The van der Waals surface area contributed by atoms with Crippen LogP contribution in [0.2, 0.25) is 0 Å². The van der Waals surface area contributed by atoms with Crippen molar-refractivity contribution in [3.05, 3.63) is 40.6 Å². The molecule has 0 amide bonds. The first kappa shape index (κ1) is 13.5. The molecule has 110 valence electrons. The maximum atomic E-state index is 11.8.